The Morgan fingerprint density at radius 3 is 2.39 bits per heavy atom. The Kier molecular flexibility index (Phi) is 3.56. The van der Waals surface area contributed by atoms with E-state index in [0.717, 1.165) is 12.1 Å². The van der Waals surface area contributed by atoms with Gasteiger partial charge in [0.2, 0.25) is 5.91 Å². The monoisotopic (exact) mass is 258 g/mol. The van der Waals surface area contributed by atoms with E-state index in [1.807, 2.05) is 0 Å². The van der Waals surface area contributed by atoms with Crippen molar-refractivity contribution in [1.29, 1.82) is 0 Å². The molecule has 1 heterocycles. The Balaban J connectivity index is 2.20. The van der Waals surface area contributed by atoms with Crippen LogP contribution < -0.4 is 10.2 Å². The molecule has 1 fully saturated rings. The Morgan fingerprint density at radius 2 is 1.78 bits per heavy atom. The molecule has 0 aromatic heterocycles. The average Bonchev–Trinajstić information content (AvgIpc) is 2.53. The highest BCUT2D eigenvalue weighted by Gasteiger charge is 2.30. The smallest absolute Gasteiger partial charge is 0.314 e. The maximum Gasteiger partial charge on any atom is 0.416 e. The Bertz CT molecular complexity index is 428. The number of halogens is 3. The number of nitrogens with one attached hydrogen (secondary N) is 1. The van der Waals surface area contributed by atoms with Gasteiger partial charge in [0, 0.05) is 31.7 Å². The molecule has 1 aromatic carbocycles. The van der Waals surface area contributed by atoms with Gasteiger partial charge in [0.05, 0.1) is 5.56 Å². The van der Waals surface area contributed by atoms with Crippen LogP contribution in [0.15, 0.2) is 24.3 Å². The lowest BCUT2D eigenvalue weighted by atomic mass is 10.2. The summed E-state index contributed by atoms with van der Waals surface area (Å²) < 4.78 is 37.2. The largest absolute Gasteiger partial charge is 0.416 e. The highest BCUT2D eigenvalue weighted by Crippen LogP contribution is 2.30. The zero-order valence-corrected chi connectivity index (χ0v) is 9.63. The van der Waals surface area contributed by atoms with Crippen LogP contribution in [0.3, 0.4) is 0 Å². The molecule has 1 aliphatic heterocycles. The first kappa shape index (κ1) is 12.9. The van der Waals surface area contributed by atoms with Crippen LogP contribution in [0, 0.1) is 0 Å². The van der Waals surface area contributed by atoms with Gasteiger partial charge < -0.3 is 10.2 Å². The highest BCUT2D eigenvalue weighted by atomic mass is 19.4. The van der Waals surface area contributed by atoms with E-state index in [1.165, 1.54) is 17.0 Å². The van der Waals surface area contributed by atoms with Gasteiger partial charge in [-0.25, -0.2) is 0 Å². The fourth-order valence-corrected chi connectivity index (χ4v) is 1.87. The first-order valence-electron chi connectivity index (χ1n) is 5.67. The zero-order chi connectivity index (χ0) is 13.2. The summed E-state index contributed by atoms with van der Waals surface area (Å²) in [6.07, 6.45) is -3.98. The maximum absolute atomic E-state index is 12.4. The molecule has 0 bridgehead atoms. The van der Waals surface area contributed by atoms with Crippen molar-refractivity contribution in [3.63, 3.8) is 0 Å². The molecule has 1 aliphatic rings. The van der Waals surface area contributed by atoms with Gasteiger partial charge >= 0.3 is 6.18 Å². The molecule has 0 spiro atoms. The molecule has 1 amide bonds. The fraction of sp³-hybridized carbons (Fsp3) is 0.417. The number of hydrogen-bond donors (Lipinski definition) is 1. The van der Waals surface area contributed by atoms with Crippen LogP contribution in [0.1, 0.15) is 12.0 Å². The van der Waals surface area contributed by atoms with Crippen molar-refractivity contribution in [2.45, 2.75) is 12.6 Å². The topological polar surface area (TPSA) is 32.3 Å². The minimum absolute atomic E-state index is 0.0697. The Labute approximate surface area is 103 Å². The van der Waals surface area contributed by atoms with Crippen LogP contribution >= 0.6 is 0 Å². The van der Waals surface area contributed by atoms with Crippen molar-refractivity contribution in [2.75, 3.05) is 24.5 Å². The maximum atomic E-state index is 12.4. The molecule has 6 heteroatoms. The molecule has 0 unspecified atom stereocenters. The molecular weight excluding hydrogens is 245 g/mol. The third-order valence-corrected chi connectivity index (χ3v) is 2.84. The number of carbonyl (C=O) groups excluding carboxylic acids is 1. The van der Waals surface area contributed by atoms with Crippen LogP contribution in [-0.4, -0.2) is 25.5 Å². The number of hydrogen-bond acceptors (Lipinski definition) is 2. The minimum atomic E-state index is -4.34. The number of anilines is 1. The predicted octanol–water partition coefficient (Wildman–Crippen LogP) is 2.03. The number of benzene rings is 1. The molecule has 1 aromatic rings. The van der Waals surface area contributed by atoms with Gasteiger partial charge in [0.1, 0.15) is 0 Å². The molecule has 0 radical (unpaired) electrons. The van der Waals surface area contributed by atoms with Crippen molar-refractivity contribution in [3.05, 3.63) is 29.8 Å². The molecule has 98 valence electrons. The summed E-state index contributed by atoms with van der Waals surface area (Å²) in [6.45, 7) is 1.73. The number of nitrogens with zero attached hydrogens (tertiary/aromatic N) is 1. The lowest BCUT2D eigenvalue weighted by Crippen LogP contribution is -2.32. The van der Waals surface area contributed by atoms with Gasteiger partial charge in [-0.1, -0.05) is 0 Å². The molecule has 0 aliphatic carbocycles. The average molecular weight is 258 g/mol. The van der Waals surface area contributed by atoms with E-state index < -0.39 is 11.7 Å². The van der Waals surface area contributed by atoms with Crippen molar-refractivity contribution in [1.82, 2.24) is 5.32 Å². The van der Waals surface area contributed by atoms with Crippen molar-refractivity contribution >= 4 is 11.6 Å². The second kappa shape index (κ2) is 4.97. The molecule has 18 heavy (non-hydrogen) atoms. The third-order valence-electron chi connectivity index (χ3n) is 2.84. The predicted molar refractivity (Wildman–Crippen MR) is 61.3 cm³/mol. The van der Waals surface area contributed by atoms with E-state index in [1.54, 1.807) is 0 Å². The second-order valence-electron chi connectivity index (χ2n) is 4.09. The summed E-state index contributed by atoms with van der Waals surface area (Å²) >= 11 is 0. The van der Waals surface area contributed by atoms with E-state index >= 15 is 0 Å². The van der Waals surface area contributed by atoms with Crippen molar-refractivity contribution in [2.24, 2.45) is 0 Å². The van der Waals surface area contributed by atoms with Crippen LogP contribution in [0.2, 0.25) is 0 Å². The van der Waals surface area contributed by atoms with Crippen LogP contribution in [0.5, 0.6) is 0 Å². The van der Waals surface area contributed by atoms with E-state index in [-0.39, 0.29) is 5.91 Å². The molecule has 2 rings (SSSR count). The lowest BCUT2D eigenvalue weighted by molar-refractivity contribution is -0.137. The molecule has 1 N–H and O–H groups in total. The van der Waals surface area contributed by atoms with Crippen LogP contribution in [-0.2, 0) is 11.0 Å². The quantitative estimate of drug-likeness (QED) is 0.836. The van der Waals surface area contributed by atoms with Gasteiger partial charge in [-0.15, -0.1) is 0 Å². The summed E-state index contributed by atoms with van der Waals surface area (Å²) in [5.74, 6) is -0.0697. The van der Waals surface area contributed by atoms with Crippen molar-refractivity contribution in [3.8, 4) is 0 Å². The van der Waals surface area contributed by atoms with Crippen LogP contribution in [0.25, 0.3) is 0 Å². The minimum Gasteiger partial charge on any atom is -0.314 e. The summed E-state index contributed by atoms with van der Waals surface area (Å²) in [5, 5.41) is 3.07. The Hall–Kier alpha value is -1.56. The van der Waals surface area contributed by atoms with Crippen molar-refractivity contribution < 1.29 is 18.0 Å². The van der Waals surface area contributed by atoms with E-state index in [0.29, 0.717) is 31.7 Å². The standard InChI is InChI=1S/C12H13F3N2O/c13-12(14,15)9-1-3-10(4-2-9)17-8-7-16-6-5-11(17)18/h1-4,16H,5-8H2. The van der Waals surface area contributed by atoms with Gasteiger partial charge in [-0.05, 0) is 24.3 Å². The normalized spacial score (nSPS) is 17.7. The summed E-state index contributed by atoms with van der Waals surface area (Å²) in [7, 11) is 0. The van der Waals surface area contributed by atoms with Gasteiger partial charge in [-0.3, -0.25) is 4.79 Å². The van der Waals surface area contributed by atoms with Crippen LogP contribution in [0.4, 0.5) is 18.9 Å². The number of carbonyl (C=O) groups is 1. The third kappa shape index (κ3) is 2.81. The molecular formula is C12H13F3N2O. The highest BCUT2D eigenvalue weighted by molar-refractivity contribution is 5.93. The van der Waals surface area contributed by atoms with Gasteiger partial charge in [0.15, 0.2) is 0 Å². The van der Waals surface area contributed by atoms with Gasteiger partial charge in [-0.2, -0.15) is 13.2 Å². The summed E-state index contributed by atoms with van der Waals surface area (Å²) in [6, 6.07) is 4.68. The number of rotatable bonds is 1. The first-order valence-corrected chi connectivity index (χ1v) is 5.67. The second-order valence-corrected chi connectivity index (χ2v) is 4.09. The zero-order valence-electron chi connectivity index (χ0n) is 9.63. The van der Waals surface area contributed by atoms with E-state index in [9.17, 15) is 18.0 Å². The molecule has 0 atom stereocenters. The molecule has 3 nitrogen and oxygen atoms in total. The summed E-state index contributed by atoms with van der Waals surface area (Å²) in [5.41, 5.74) is -0.191. The number of alkyl halides is 3. The Morgan fingerprint density at radius 1 is 1.11 bits per heavy atom. The van der Waals surface area contributed by atoms with E-state index in [4.69, 9.17) is 0 Å². The van der Waals surface area contributed by atoms with E-state index in [2.05, 4.69) is 5.32 Å². The first-order chi connectivity index (χ1) is 8.48. The van der Waals surface area contributed by atoms with Gasteiger partial charge in [0.25, 0.3) is 0 Å². The number of amides is 1. The SMILES string of the molecule is O=C1CCNCCN1c1ccc(C(F)(F)F)cc1. The molecule has 1 saturated heterocycles. The molecule has 0 saturated carbocycles. The fourth-order valence-electron chi connectivity index (χ4n) is 1.87. The summed E-state index contributed by atoms with van der Waals surface area (Å²) in [4.78, 5) is 13.3. The lowest BCUT2D eigenvalue weighted by Gasteiger charge is -2.20.